The third-order valence-corrected chi connectivity index (χ3v) is 3.42. The summed E-state index contributed by atoms with van der Waals surface area (Å²) in [5.74, 6) is -0.802. The van der Waals surface area contributed by atoms with E-state index in [4.69, 9.17) is 5.26 Å². The number of hydrogen-bond donors (Lipinski definition) is 2. The van der Waals surface area contributed by atoms with E-state index in [2.05, 4.69) is 10.6 Å². The number of carbonyl (C=O) groups is 1. The molecule has 0 saturated carbocycles. The number of benzene rings is 2. The Morgan fingerprint density at radius 1 is 1.08 bits per heavy atom. The lowest BCUT2D eigenvalue weighted by Gasteiger charge is -2.10. The van der Waals surface area contributed by atoms with Crippen LogP contribution in [-0.2, 0) is 11.0 Å². The minimum Gasteiger partial charge on any atom is -0.360 e. The Hall–Kier alpha value is -3.27. The Labute approximate surface area is 149 Å². The van der Waals surface area contributed by atoms with Crippen molar-refractivity contribution in [3.63, 3.8) is 0 Å². The summed E-state index contributed by atoms with van der Waals surface area (Å²) in [5, 5.41) is 14.3. The fourth-order valence-corrected chi connectivity index (χ4v) is 2.33. The Balaban J connectivity index is 2.15. The Morgan fingerprint density at radius 2 is 1.73 bits per heavy atom. The van der Waals surface area contributed by atoms with Crippen molar-refractivity contribution >= 4 is 17.3 Å². The molecule has 0 bridgehead atoms. The molecule has 0 unspecified atom stereocenters. The summed E-state index contributed by atoms with van der Waals surface area (Å²) < 4.78 is 38.2. The normalized spacial score (nSPS) is 11.6. The molecule has 0 aliphatic carbocycles. The van der Waals surface area contributed by atoms with Crippen LogP contribution >= 0.6 is 0 Å². The van der Waals surface area contributed by atoms with Crippen molar-refractivity contribution in [1.82, 2.24) is 0 Å². The van der Waals surface area contributed by atoms with Gasteiger partial charge in [-0.2, -0.15) is 18.4 Å². The van der Waals surface area contributed by atoms with Gasteiger partial charge in [0.15, 0.2) is 0 Å². The molecule has 2 aromatic carbocycles. The van der Waals surface area contributed by atoms with Crippen LogP contribution in [0.5, 0.6) is 0 Å². The number of rotatable bonds is 4. The van der Waals surface area contributed by atoms with Gasteiger partial charge in [-0.05, 0) is 55.3 Å². The number of aryl methyl sites for hydroxylation is 2. The van der Waals surface area contributed by atoms with Crippen molar-refractivity contribution in [3.05, 3.63) is 70.9 Å². The molecule has 4 nitrogen and oxygen atoms in total. The van der Waals surface area contributed by atoms with Crippen LogP contribution in [-0.4, -0.2) is 5.91 Å². The van der Waals surface area contributed by atoms with Crippen molar-refractivity contribution < 1.29 is 18.0 Å². The number of nitrogens with one attached hydrogen (secondary N) is 2. The molecular formula is C19H16F3N3O. The molecule has 1 amide bonds. The van der Waals surface area contributed by atoms with E-state index in [1.54, 1.807) is 6.07 Å². The van der Waals surface area contributed by atoms with Crippen LogP contribution in [0.4, 0.5) is 24.5 Å². The molecular weight excluding hydrogens is 343 g/mol. The van der Waals surface area contributed by atoms with Crippen LogP contribution in [0, 0.1) is 25.2 Å². The number of anilines is 2. The van der Waals surface area contributed by atoms with E-state index < -0.39 is 17.6 Å². The van der Waals surface area contributed by atoms with Crippen LogP contribution in [0.3, 0.4) is 0 Å². The number of nitrogens with zero attached hydrogens (tertiary/aromatic N) is 1. The van der Waals surface area contributed by atoms with Crippen molar-refractivity contribution in [2.75, 3.05) is 10.6 Å². The van der Waals surface area contributed by atoms with E-state index >= 15 is 0 Å². The van der Waals surface area contributed by atoms with Gasteiger partial charge in [-0.15, -0.1) is 0 Å². The van der Waals surface area contributed by atoms with Gasteiger partial charge in [0, 0.05) is 17.6 Å². The number of alkyl halides is 3. The fraction of sp³-hybridized carbons (Fsp3) is 0.158. The highest BCUT2D eigenvalue weighted by Crippen LogP contribution is 2.30. The van der Waals surface area contributed by atoms with Gasteiger partial charge in [0.1, 0.15) is 11.6 Å². The highest BCUT2D eigenvalue weighted by molar-refractivity contribution is 6.06. The lowest BCUT2D eigenvalue weighted by Crippen LogP contribution is -2.15. The van der Waals surface area contributed by atoms with Crippen LogP contribution in [0.25, 0.3) is 0 Å². The van der Waals surface area contributed by atoms with Crippen molar-refractivity contribution in [3.8, 4) is 6.07 Å². The molecule has 0 atom stereocenters. The van der Waals surface area contributed by atoms with Crippen LogP contribution in [0.2, 0.25) is 0 Å². The van der Waals surface area contributed by atoms with Crippen molar-refractivity contribution in [2.45, 2.75) is 20.0 Å². The first-order valence-corrected chi connectivity index (χ1v) is 7.63. The quantitative estimate of drug-likeness (QED) is 0.610. The van der Waals surface area contributed by atoms with Crippen molar-refractivity contribution in [2.24, 2.45) is 0 Å². The van der Waals surface area contributed by atoms with Crippen LogP contribution in [0.1, 0.15) is 16.7 Å². The average molecular weight is 359 g/mol. The molecule has 2 rings (SSSR count). The van der Waals surface area contributed by atoms with E-state index in [0.29, 0.717) is 5.69 Å². The van der Waals surface area contributed by atoms with Gasteiger partial charge < -0.3 is 10.6 Å². The summed E-state index contributed by atoms with van der Waals surface area (Å²) in [6.07, 6.45) is -3.30. The molecule has 2 N–H and O–H groups in total. The van der Waals surface area contributed by atoms with Gasteiger partial charge in [-0.3, -0.25) is 4.79 Å². The van der Waals surface area contributed by atoms with E-state index in [-0.39, 0.29) is 11.3 Å². The fourth-order valence-electron chi connectivity index (χ4n) is 2.33. The lowest BCUT2D eigenvalue weighted by atomic mass is 10.1. The monoisotopic (exact) mass is 359 g/mol. The van der Waals surface area contributed by atoms with E-state index in [1.165, 1.54) is 18.3 Å². The molecule has 0 aliphatic rings. The summed E-state index contributed by atoms with van der Waals surface area (Å²) in [6.45, 7) is 3.82. The third kappa shape index (κ3) is 5.11. The molecule has 0 saturated heterocycles. The van der Waals surface area contributed by atoms with E-state index in [9.17, 15) is 18.0 Å². The minimum absolute atomic E-state index is 0.0441. The number of amides is 1. The number of carbonyl (C=O) groups excluding carboxylic acids is 1. The third-order valence-electron chi connectivity index (χ3n) is 3.42. The predicted molar refractivity (Wildman–Crippen MR) is 93.3 cm³/mol. The molecule has 7 heteroatoms. The van der Waals surface area contributed by atoms with Gasteiger partial charge in [0.05, 0.1) is 5.56 Å². The zero-order chi connectivity index (χ0) is 19.3. The molecule has 0 aromatic heterocycles. The van der Waals surface area contributed by atoms with E-state index in [0.717, 1.165) is 23.3 Å². The topological polar surface area (TPSA) is 64.9 Å². The smallest absolute Gasteiger partial charge is 0.360 e. The molecule has 26 heavy (non-hydrogen) atoms. The summed E-state index contributed by atoms with van der Waals surface area (Å²) in [5.41, 5.74) is 1.52. The summed E-state index contributed by atoms with van der Waals surface area (Å²) in [6, 6.07) is 11.6. The van der Waals surface area contributed by atoms with E-state index in [1.807, 2.05) is 32.0 Å². The number of halogens is 3. The zero-order valence-electron chi connectivity index (χ0n) is 14.1. The summed E-state index contributed by atoms with van der Waals surface area (Å²) in [7, 11) is 0. The van der Waals surface area contributed by atoms with Crippen LogP contribution < -0.4 is 10.6 Å². The maximum absolute atomic E-state index is 12.7. The Kier molecular flexibility index (Phi) is 5.68. The first-order chi connectivity index (χ1) is 12.2. The highest BCUT2D eigenvalue weighted by Gasteiger charge is 2.30. The summed E-state index contributed by atoms with van der Waals surface area (Å²) >= 11 is 0. The second kappa shape index (κ2) is 7.74. The number of hydrogen-bond acceptors (Lipinski definition) is 3. The molecule has 0 radical (unpaired) electrons. The van der Waals surface area contributed by atoms with Gasteiger partial charge in [0.25, 0.3) is 5.91 Å². The van der Waals surface area contributed by atoms with Crippen LogP contribution in [0.15, 0.2) is 54.2 Å². The minimum atomic E-state index is -4.51. The first-order valence-electron chi connectivity index (χ1n) is 7.63. The van der Waals surface area contributed by atoms with Gasteiger partial charge in [-0.1, -0.05) is 12.1 Å². The van der Waals surface area contributed by atoms with Crippen molar-refractivity contribution in [1.29, 1.82) is 5.26 Å². The lowest BCUT2D eigenvalue weighted by molar-refractivity contribution is -0.137. The first kappa shape index (κ1) is 19.1. The molecule has 2 aromatic rings. The van der Waals surface area contributed by atoms with Gasteiger partial charge in [0.2, 0.25) is 0 Å². The Morgan fingerprint density at radius 3 is 2.31 bits per heavy atom. The zero-order valence-corrected chi connectivity index (χ0v) is 14.1. The van der Waals surface area contributed by atoms with Gasteiger partial charge in [-0.25, -0.2) is 0 Å². The number of nitriles is 1. The molecule has 0 spiro atoms. The molecule has 134 valence electrons. The maximum atomic E-state index is 12.7. The molecule has 0 heterocycles. The highest BCUT2D eigenvalue weighted by atomic mass is 19.4. The molecule has 0 fully saturated rings. The van der Waals surface area contributed by atoms with Gasteiger partial charge >= 0.3 is 6.18 Å². The predicted octanol–water partition coefficient (Wildman–Crippen LogP) is 4.78. The average Bonchev–Trinajstić information content (AvgIpc) is 2.54. The SMILES string of the molecule is Cc1cc(C)cc(N/C=C(/C#N)C(=O)Nc2cccc(C(F)(F)F)c2)c1. The Bertz CT molecular complexity index is 875. The standard InChI is InChI=1S/C19H16F3N3O/c1-12-6-13(2)8-17(7-12)24-11-14(10-23)18(26)25-16-5-3-4-15(9-16)19(20,21)22/h3-9,11,24H,1-2H3,(H,25,26)/b14-11-. The maximum Gasteiger partial charge on any atom is 0.416 e. The second-order valence-electron chi connectivity index (χ2n) is 5.72. The second-order valence-corrected chi connectivity index (χ2v) is 5.72. The molecule has 0 aliphatic heterocycles. The largest absolute Gasteiger partial charge is 0.416 e. The summed E-state index contributed by atoms with van der Waals surface area (Å²) in [4.78, 5) is 12.1.